The number of aliphatic carboxylic acids is 1. The molecule has 0 saturated heterocycles. The van der Waals surface area contributed by atoms with Crippen LogP contribution in [0.1, 0.15) is 34.8 Å². The molecule has 1 atom stereocenters. The van der Waals surface area contributed by atoms with Gasteiger partial charge >= 0.3 is 5.97 Å². The Balaban J connectivity index is 2.49. The zero-order chi connectivity index (χ0) is 17.9. The number of nitriles is 1. The maximum Gasteiger partial charge on any atom is 0.303 e. The number of carbonyl (C=O) groups excluding carboxylic acids is 1. The second-order valence-electron chi connectivity index (χ2n) is 5.14. The summed E-state index contributed by atoms with van der Waals surface area (Å²) in [6.07, 6.45) is 0.172. The van der Waals surface area contributed by atoms with Crippen LogP contribution in [-0.4, -0.2) is 49.8 Å². The number of benzene rings is 1. The van der Waals surface area contributed by atoms with Gasteiger partial charge in [-0.15, -0.1) is 0 Å². The molecule has 0 saturated carbocycles. The van der Waals surface area contributed by atoms with E-state index < -0.39 is 12.0 Å². The van der Waals surface area contributed by atoms with Crippen LogP contribution in [0.15, 0.2) is 6.07 Å². The number of ether oxygens (including phenoxy) is 3. The summed E-state index contributed by atoms with van der Waals surface area (Å²) in [6.45, 7) is 0.159. The summed E-state index contributed by atoms with van der Waals surface area (Å²) >= 11 is 0. The zero-order valence-corrected chi connectivity index (χ0v) is 13.7. The van der Waals surface area contributed by atoms with E-state index in [1.165, 1.54) is 26.2 Å². The van der Waals surface area contributed by atoms with Crippen molar-refractivity contribution in [1.29, 1.82) is 5.26 Å². The Morgan fingerprint density at radius 2 is 1.96 bits per heavy atom. The lowest BCUT2D eigenvalue weighted by molar-refractivity contribution is -0.137. The van der Waals surface area contributed by atoms with Crippen molar-refractivity contribution in [2.75, 3.05) is 27.9 Å². The van der Waals surface area contributed by atoms with Gasteiger partial charge in [0.05, 0.1) is 33.0 Å². The largest absolute Gasteiger partial charge is 0.493 e. The van der Waals surface area contributed by atoms with Gasteiger partial charge in [-0.05, 0) is 12.5 Å². The number of methoxy groups -OCH3 is 3. The summed E-state index contributed by atoms with van der Waals surface area (Å²) in [7, 11) is 4.28. The molecule has 1 heterocycles. The average molecular weight is 334 g/mol. The predicted octanol–water partition coefficient (Wildman–Crippen LogP) is 1.60. The smallest absolute Gasteiger partial charge is 0.303 e. The van der Waals surface area contributed by atoms with Crippen molar-refractivity contribution >= 4 is 11.9 Å². The first kappa shape index (κ1) is 17.4. The fraction of sp³-hybridized carbons (Fsp3) is 0.438. The van der Waals surface area contributed by atoms with Gasteiger partial charge in [-0.3, -0.25) is 9.59 Å². The van der Waals surface area contributed by atoms with Crippen LogP contribution in [-0.2, 0) is 4.79 Å². The number of nitrogens with zero attached hydrogens (tertiary/aromatic N) is 2. The van der Waals surface area contributed by atoms with Crippen LogP contribution in [0, 0.1) is 11.3 Å². The molecule has 0 aromatic heterocycles. The highest BCUT2D eigenvalue weighted by Crippen LogP contribution is 2.48. The topological polar surface area (TPSA) is 109 Å². The molecule has 1 aliphatic rings. The third-order valence-electron chi connectivity index (χ3n) is 3.85. The lowest BCUT2D eigenvalue weighted by atomic mass is 10.0. The highest BCUT2D eigenvalue weighted by Gasteiger charge is 2.41. The third-order valence-corrected chi connectivity index (χ3v) is 3.85. The molecule has 0 spiro atoms. The average Bonchev–Trinajstić information content (AvgIpc) is 2.84. The standard InChI is InChI=1S/C16H18N2O6/c1-22-11-7-9-10(8-17)18(6-4-5-12(19)20)16(21)13(9)15(24-3)14(11)23-2/h7,10H,4-6H2,1-3H3,(H,19,20). The number of rotatable bonds is 7. The molecule has 1 aliphatic heterocycles. The van der Waals surface area contributed by atoms with Gasteiger partial charge in [0.25, 0.3) is 5.91 Å². The lowest BCUT2D eigenvalue weighted by Crippen LogP contribution is -2.29. The number of carboxylic acids is 1. The van der Waals surface area contributed by atoms with Gasteiger partial charge in [0.2, 0.25) is 5.75 Å². The van der Waals surface area contributed by atoms with Crippen LogP contribution in [0.3, 0.4) is 0 Å². The Bertz CT molecular complexity index is 709. The van der Waals surface area contributed by atoms with E-state index in [2.05, 4.69) is 6.07 Å². The number of fused-ring (bicyclic) bond motifs is 1. The summed E-state index contributed by atoms with van der Waals surface area (Å²) < 4.78 is 15.8. The molecule has 0 radical (unpaired) electrons. The van der Waals surface area contributed by atoms with Gasteiger partial charge in [-0.2, -0.15) is 5.26 Å². The van der Waals surface area contributed by atoms with Crippen molar-refractivity contribution in [3.63, 3.8) is 0 Å². The van der Waals surface area contributed by atoms with Crippen molar-refractivity contribution in [2.24, 2.45) is 0 Å². The van der Waals surface area contributed by atoms with Gasteiger partial charge in [-0.1, -0.05) is 0 Å². The SMILES string of the molecule is COc1cc2c(c(OC)c1OC)C(=O)N(CCCC(=O)O)C2C#N. The van der Waals surface area contributed by atoms with Crippen LogP contribution in [0.4, 0.5) is 0 Å². The normalized spacial score (nSPS) is 15.7. The number of carboxylic acid groups (broad SMARTS) is 1. The Kier molecular flexibility index (Phi) is 5.14. The first-order chi connectivity index (χ1) is 11.5. The minimum atomic E-state index is -0.950. The minimum Gasteiger partial charge on any atom is -0.493 e. The number of hydrogen-bond donors (Lipinski definition) is 1. The van der Waals surface area contributed by atoms with Crippen LogP contribution in [0.25, 0.3) is 0 Å². The molecule has 0 aliphatic carbocycles. The van der Waals surface area contributed by atoms with Crippen LogP contribution in [0.2, 0.25) is 0 Å². The van der Waals surface area contributed by atoms with E-state index in [9.17, 15) is 14.9 Å². The van der Waals surface area contributed by atoms with E-state index >= 15 is 0 Å². The van der Waals surface area contributed by atoms with E-state index in [-0.39, 0.29) is 42.4 Å². The predicted molar refractivity (Wildman–Crippen MR) is 82.4 cm³/mol. The maximum absolute atomic E-state index is 12.7. The Hall–Kier alpha value is -2.95. The first-order valence-corrected chi connectivity index (χ1v) is 7.25. The van der Waals surface area contributed by atoms with Gasteiger partial charge in [-0.25, -0.2) is 0 Å². The molecule has 0 fully saturated rings. The zero-order valence-electron chi connectivity index (χ0n) is 13.7. The Morgan fingerprint density at radius 3 is 2.46 bits per heavy atom. The molecule has 2 rings (SSSR count). The highest BCUT2D eigenvalue weighted by molar-refractivity contribution is 6.03. The fourth-order valence-electron chi connectivity index (χ4n) is 2.81. The molecule has 8 heteroatoms. The molecule has 1 N–H and O–H groups in total. The van der Waals surface area contributed by atoms with E-state index in [1.54, 1.807) is 6.07 Å². The van der Waals surface area contributed by atoms with Gasteiger partial charge < -0.3 is 24.2 Å². The lowest BCUT2D eigenvalue weighted by Gasteiger charge is -2.19. The van der Waals surface area contributed by atoms with E-state index in [4.69, 9.17) is 19.3 Å². The second-order valence-corrected chi connectivity index (χ2v) is 5.14. The molecular weight excluding hydrogens is 316 g/mol. The minimum absolute atomic E-state index is 0.0813. The maximum atomic E-state index is 12.7. The van der Waals surface area contributed by atoms with Crippen LogP contribution < -0.4 is 14.2 Å². The third kappa shape index (κ3) is 2.80. The Labute approximate surface area is 139 Å². The molecular formula is C16H18N2O6. The number of hydrogen-bond acceptors (Lipinski definition) is 6. The van der Waals surface area contributed by atoms with Crippen LogP contribution in [0.5, 0.6) is 17.2 Å². The molecule has 1 unspecified atom stereocenters. The first-order valence-electron chi connectivity index (χ1n) is 7.25. The molecule has 0 bridgehead atoms. The summed E-state index contributed by atoms with van der Waals surface area (Å²) in [5.74, 6) is -0.504. The number of amides is 1. The summed E-state index contributed by atoms with van der Waals surface area (Å²) in [4.78, 5) is 24.8. The monoisotopic (exact) mass is 334 g/mol. The van der Waals surface area contributed by atoms with E-state index in [0.29, 0.717) is 11.3 Å². The van der Waals surface area contributed by atoms with Gasteiger partial charge in [0.1, 0.15) is 6.04 Å². The van der Waals surface area contributed by atoms with E-state index in [0.717, 1.165) is 0 Å². The van der Waals surface area contributed by atoms with Crippen molar-refractivity contribution < 1.29 is 28.9 Å². The van der Waals surface area contributed by atoms with Gasteiger partial charge in [0, 0.05) is 18.5 Å². The van der Waals surface area contributed by atoms with Gasteiger partial charge in [0.15, 0.2) is 11.5 Å². The molecule has 1 amide bonds. The number of carbonyl (C=O) groups is 2. The quantitative estimate of drug-likeness (QED) is 0.806. The Morgan fingerprint density at radius 1 is 1.29 bits per heavy atom. The summed E-state index contributed by atoms with van der Waals surface area (Å²) in [5, 5.41) is 18.2. The summed E-state index contributed by atoms with van der Waals surface area (Å²) in [6, 6.07) is 2.84. The van der Waals surface area contributed by atoms with Crippen LogP contribution >= 0.6 is 0 Å². The molecule has 128 valence electrons. The molecule has 1 aromatic rings. The van der Waals surface area contributed by atoms with E-state index in [1.807, 2.05) is 0 Å². The fourth-order valence-corrected chi connectivity index (χ4v) is 2.81. The second kappa shape index (κ2) is 7.08. The van der Waals surface area contributed by atoms with Crippen molar-refractivity contribution in [3.8, 4) is 23.3 Å². The van der Waals surface area contributed by atoms with Crippen molar-refractivity contribution in [3.05, 3.63) is 17.2 Å². The molecule has 24 heavy (non-hydrogen) atoms. The van der Waals surface area contributed by atoms with Crippen molar-refractivity contribution in [1.82, 2.24) is 4.90 Å². The molecule has 8 nitrogen and oxygen atoms in total. The molecule has 1 aromatic carbocycles. The highest BCUT2D eigenvalue weighted by atomic mass is 16.5. The van der Waals surface area contributed by atoms with Crippen molar-refractivity contribution in [2.45, 2.75) is 18.9 Å². The summed E-state index contributed by atoms with van der Waals surface area (Å²) in [5.41, 5.74) is 0.712.